The Hall–Kier alpha value is -6.78. The molecule has 4 heteroatoms. The van der Waals surface area contributed by atoms with E-state index in [9.17, 15) is 0 Å². The molecule has 8 aromatic carbocycles. The highest BCUT2D eigenvalue weighted by Gasteiger charge is 2.59. The first-order chi connectivity index (χ1) is 41.5. The van der Waals surface area contributed by atoms with Gasteiger partial charge >= 0.3 is 0 Å². The van der Waals surface area contributed by atoms with Gasteiger partial charge in [0.2, 0.25) is 0 Å². The summed E-state index contributed by atoms with van der Waals surface area (Å²) in [5.41, 5.74) is 33.5. The number of hydrogen-bond acceptors (Lipinski definition) is 3. The molecular formula is C85H98BN3. The van der Waals surface area contributed by atoms with Crippen LogP contribution in [0.15, 0.2) is 140 Å². The summed E-state index contributed by atoms with van der Waals surface area (Å²) in [5.74, 6) is 0. The fourth-order valence-corrected chi connectivity index (χ4v) is 20.0. The van der Waals surface area contributed by atoms with E-state index in [0.29, 0.717) is 0 Å². The molecule has 0 spiro atoms. The van der Waals surface area contributed by atoms with Gasteiger partial charge in [-0.25, -0.2) is 0 Å². The van der Waals surface area contributed by atoms with Crippen molar-refractivity contribution in [3.05, 3.63) is 206 Å². The van der Waals surface area contributed by atoms with Gasteiger partial charge in [0.15, 0.2) is 0 Å². The minimum Gasteiger partial charge on any atom is -0.334 e. The Morgan fingerprint density at radius 2 is 0.831 bits per heavy atom. The Labute approximate surface area is 535 Å². The zero-order valence-electron chi connectivity index (χ0n) is 57.9. The number of aryl methyl sites for hydroxylation is 1. The van der Waals surface area contributed by atoms with Crippen LogP contribution in [0, 0.1) is 6.92 Å². The van der Waals surface area contributed by atoms with Gasteiger partial charge in [0.05, 0.1) is 11.2 Å². The van der Waals surface area contributed by atoms with Crippen LogP contribution in [0.2, 0.25) is 0 Å². The van der Waals surface area contributed by atoms with Crippen LogP contribution < -0.4 is 31.1 Å². The molecule has 456 valence electrons. The third-order valence-corrected chi connectivity index (χ3v) is 24.6. The molecule has 7 aliphatic rings. The Morgan fingerprint density at radius 3 is 1.39 bits per heavy atom. The zero-order valence-corrected chi connectivity index (χ0v) is 57.9. The van der Waals surface area contributed by atoms with Crippen LogP contribution in [0.5, 0.6) is 0 Å². The molecule has 1 saturated carbocycles. The van der Waals surface area contributed by atoms with Gasteiger partial charge in [0.1, 0.15) is 0 Å². The predicted octanol–water partition coefficient (Wildman–Crippen LogP) is 21.0. The third-order valence-electron chi connectivity index (χ3n) is 24.6. The maximum atomic E-state index is 2.90. The molecule has 0 radical (unpaired) electrons. The molecule has 0 N–H and O–H groups in total. The van der Waals surface area contributed by atoms with Gasteiger partial charge in [-0.2, -0.15) is 0 Å². The Bertz CT molecular complexity index is 4360. The predicted molar refractivity (Wildman–Crippen MR) is 383 cm³/mol. The van der Waals surface area contributed by atoms with Crippen LogP contribution in [-0.4, -0.2) is 12.3 Å². The largest absolute Gasteiger partial charge is 0.334 e. The first-order valence-electron chi connectivity index (χ1n) is 34.1. The average molecular weight is 1170 g/mol. The van der Waals surface area contributed by atoms with Crippen LogP contribution >= 0.6 is 0 Å². The standard InChI is InChI=1S/C85H98BN3/c1-51-39-59-61(80(12,13)49-78(59,8)9)46-70(51)88-71-47-62-60(79(10,11)50-81(62,14)15)44-66(71)86-67-45-63-64(83(18,19)58-32-26-25-31-57(58)82(63,16)17)48-72(67)87(68-35-33-53(76(2,3)4)40-56(68)52-29-23-22-24-30-52)73-42-55(43-74(88)75(73)86)89-69-36-34-54(77(5,6)7)41-65(69)84(20)37-27-28-38-85(84,89)21/h22-26,29-36,39-48H,27-28,37-38,49-50H2,1-21H3. The molecule has 4 aliphatic carbocycles. The Morgan fingerprint density at radius 1 is 0.382 bits per heavy atom. The highest BCUT2D eigenvalue weighted by Crippen LogP contribution is 2.64. The summed E-state index contributed by atoms with van der Waals surface area (Å²) in [5, 5.41) is 0. The lowest BCUT2D eigenvalue weighted by atomic mass is 9.32. The quantitative estimate of drug-likeness (QED) is 0.163. The highest BCUT2D eigenvalue weighted by molar-refractivity contribution is 7.00. The molecule has 0 bridgehead atoms. The van der Waals surface area contributed by atoms with Crippen molar-refractivity contribution < 1.29 is 0 Å². The molecule has 3 aliphatic heterocycles. The van der Waals surface area contributed by atoms with E-state index in [1.165, 1.54) is 153 Å². The van der Waals surface area contributed by atoms with E-state index < -0.39 is 0 Å². The summed E-state index contributed by atoms with van der Waals surface area (Å²) in [6.07, 6.45) is 6.95. The van der Waals surface area contributed by atoms with E-state index in [4.69, 9.17) is 0 Å². The summed E-state index contributed by atoms with van der Waals surface area (Å²) in [7, 11) is 0. The summed E-state index contributed by atoms with van der Waals surface area (Å²) in [6, 6.07) is 57.5. The minimum absolute atomic E-state index is 0.0000512. The SMILES string of the molecule is Cc1cc2c(cc1N1c3cc4c(cc3B3c5cc6c(cc5N(c5ccc(C(C)(C)C)cc5-c5ccccc5)c5cc(N7c8ccc(C(C)(C)C)cc8C8(C)CCCCC78C)cc1c53)C(C)(C)c1ccccc1C6(C)C)C(C)(C)CC4(C)C)C(C)(C)CC2(C)C. The van der Waals surface area contributed by atoms with Gasteiger partial charge in [-0.05, 0) is 209 Å². The second-order valence-electron chi connectivity index (χ2n) is 35.3. The number of rotatable bonds is 4. The maximum Gasteiger partial charge on any atom is 0.252 e. The van der Waals surface area contributed by atoms with Gasteiger partial charge in [-0.3, -0.25) is 0 Å². The molecule has 89 heavy (non-hydrogen) atoms. The Kier molecular flexibility index (Phi) is 12.0. The van der Waals surface area contributed by atoms with Crippen LogP contribution in [0.3, 0.4) is 0 Å². The molecule has 1 fully saturated rings. The summed E-state index contributed by atoms with van der Waals surface area (Å²) in [4.78, 5) is 8.53. The molecule has 0 saturated heterocycles. The summed E-state index contributed by atoms with van der Waals surface area (Å²) >= 11 is 0. The van der Waals surface area contributed by atoms with Crippen LogP contribution in [-0.2, 0) is 48.7 Å². The van der Waals surface area contributed by atoms with Crippen molar-refractivity contribution in [3.63, 3.8) is 0 Å². The molecule has 8 aromatic rings. The second-order valence-corrected chi connectivity index (χ2v) is 35.3. The summed E-state index contributed by atoms with van der Waals surface area (Å²) in [6.45, 7) is 52.0. The first-order valence-corrected chi connectivity index (χ1v) is 34.1. The first kappa shape index (κ1) is 58.6. The van der Waals surface area contributed by atoms with Crippen LogP contribution in [0.1, 0.15) is 244 Å². The van der Waals surface area contributed by atoms with Gasteiger partial charge in [-0.1, -0.05) is 235 Å². The van der Waals surface area contributed by atoms with Gasteiger partial charge in [0.25, 0.3) is 6.71 Å². The fraction of sp³-hybridized carbons (Fsp3) is 0.435. The van der Waals surface area contributed by atoms with Crippen molar-refractivity contribution >= 4 is 68.6 Å². The van der Waals surface area contributed by atoms with E-state index in [2.05, 4.69) is 300 Å². The number of hydrogen-bond donors (Lipinski definition) is 0. The normalized spacial score (nSPS) is 22.9. The van der Waals surface area contributed by atoms with Crippen molar-refractivity contribution in [1.82, 2.24) is 0 Å². The highest BCUT2D eigenvalue weighted by atomic mass is 15.3. The van der Waals surface area contributed by atoms with E-state index in [1.807, 2.05) is 0 Å². The topological polar surface area (TPSA) is 9.72 Å². The fourth-order valence-electron chi connectivity index (χ4n) is 20.0. The van der Waals surface area contributed by atoms with E-state index in [0.717, 1.165) is 25.7 Å². The molecule has 3 heterocycles. The van der Waals surface area contributed by atoms with Gasteiger partial charge in [-0.15, -0.1) is 0 Å². The molecule has 2 unspecified atom stereocenters. The maximum absolute atomic E-state index is 2.90. The number of nitrogens with zero attached hydrogens (tertiary/aromatic N) is 3. The molecule has 0 aromatic heterocycles. The van der Waals surface area contributed by atoms with Crippen LogP contribution in [0.25, 0.3) is 11.1 Å². The lowest BCUT2D eigenvalue weighted by molar-refractivity contribution is 0.195. The number of fused-ring (bicyclic) bond motifs is 11. The van der Waals surface area contributed by atoms with Crippen molar-refractivity contribution in [2.45, 2.75) is 238 Å². The molecule has 0 amide bonds. The number of benzene rings is 8. The molecule has 2 atom stereocenters. The lowest BCUT2D eigenvalue weighted by Gasteiger charge is -2.51. The second kappa shape index (κ2) is 18.3. The lowest BCUT2D eigenvalue weighted by Crippen LogP contribution is -2.62. The van der Waals surface area contributed by atoms with E-state index in [1.54, 1.807) is 0 Å². The van der Waals surface area contributed by atoms with Crippen LogP contribution in [0.4, 0.5) is 45.5 Å². The van der Waals surface area contributed by atoms with Crippen molar-refractivity contribution in [1.29, 1.82) is 0 Å². The average Bonchev–Trinajstić information content (AvgIpc) is 1.51. The smallest absolute Gasteiger partial charge is 0.252 e. The third kappa shape index (κ3) is 8.01. The minimum atomic E-state index is -0.274. The molecular weight excluding hydrogens is 1070 g/mol. The van der Waals surface area contributed by atoms with Gasteiger partial charge in [0, 0.05) is 61.6 Å². The van der Waals surface area contributed by atoms with E-state index >= 15 is 0 Å². The Balaban J connectivity index is 1.14. The number of anilines is 8. The van der Waals surface area contributed by atoms with Crippen molar-refractivity contribution in [2.75, 3.05) is 14.7 Å². The van der Waals surface area contributed by atoms with E-state index in [-0.39, 0.29) is 61.0 Å². The van der Waals surface area contributed by atoms with Crippen molar-refractivity contribution in [3.8, 4) is 11.1 Å². The molecule has 15 rings (SSSR count). The van der Waals surface area contributed by atoms with Crippen molar-refractivity contribution in [2.24, 2.45) is 0 Å². The van der Waals surface area contributed by atoms with Gasteiger partial charge < -0.3 is 14.7 Å². The summed E-state index contributed by atoms with van der Waals surface area (Å²) < 4.78 is 0. The monoisotopic (exact) mass is 1170 g/mol. The zero-order chi connectivity index (χ0) is 63.2. The molecule has 3 nitrogen and oxygen atoms in total.